The van der Waals surface area contributed by atoms with Crippen LogP contribution in [0.2, 0.25) is 0 Å². The molecule has 0 radical (unpaired) electrons. The third kappa shape index (κ3) is 2.84. The van der Waals surface area contributed by atoms with Crippen LogP contribution in [0.1, 0.15) is 11.1 Å². The summed E-state index contributed by atoms with van der Waals surface area (Å²) < 4.78 is 18.8. The van der Waals surface area contributed by atoms with Crippen LogP contribution < -0.4 is 10.5 Å². The molecule has 0 amide bonds. The van der Waals surface area contributed by atoms with E-state index in [1.165, 1.54) is 18.2 Å². The summed E-state index contributed by atoms with van der Waals surface area (Å²) in [5.41, 5.74) is 7.02. The number of halogens is 1. The van der Waals surface area contributed by atoms with Crippen molar-refractivity contribution in [2.45, 2.75) is 6.92 Å². The zero-order valence-electron chi connectivity index (χ0n) is 9.81. The van der Waals surface area contributed by atoms with E-state index in [4.69, 9.17) is 22.7 Å². The predicted octanol–water partition coefficient (Wildman–Crippen LogP) is 3.56. The van der Waals surface area contributed by atoms with E-state index in [-0.39, 0.29) is 4.99 Å². The number of thiocarbonyl (C=S) groups is 1. The van der Waals surface area contributed by atoms with E-state index in [2.05, 4.69) is 0 Å². The molecule has 4 heteroatoms. The van der Waals surface area contributed by atoms with E-state index in [9.17, 15) is 4.39 Å². The molecule has 0 spiro atoms. The number of hydrogen-bond acceptors (Lipinski definition) is 2. The van der Waals surface area contributed by atoms with Crippen LogP contribution in [0.25, 0.3) is 0 Å². The van der Waals surface area contributed by atoms with Crippen molar-refractivity contribution >= 4 is 17.2 Å². The smallest absolute Gasteiger partial charge is 0.137 e. The quantitative estimate of drug-likeness (QED) is 0.858. The Balaban J connectivity index is 2.37. The van der Waals surface area contributed by atoms with E-state index in [0.29, 0.717) is 17.1 Å². The van der Waals surface area contributed by atoms with Crippen molar-refractivity contribution in [3.63, 3.8) is 0 Å². The van der Waals surface area contributed by atoms with Gasteiger partial charge in [-0.2, -0.15) is 0 Å². The van der Waals surface area contributed by atoms with Crippen molar-refractivity contribution in [3.8, 4) is 11.5 Å². The molecule has 2 N–H and O–H groups in total. The third-order valence-electron chi connectivity index (χ3n) is 2.42. The molecule has 2 aromatic carbocycles. The fourth-order valence-electron chi connectivity index (χ4n) is 1.59. The third-order valence-corrected chi connectivity index (χ3v) is 2.64. The molecule has 0 heterocycles. The summed E-state index contributed by atoms with van der Waals surface area (Å²) in [7, 11) is 0. The monoisotopic (exact) mass is 261 g/mol. The standard InChI is InChI=1S/C14H12FNOS/c1-9-3-2-4-11(7-9)17-13-6-5-10(15)8-12(13)14(16)18/h2-8H,1H3,(H2,16,18). The Morgan fingerprint density at radius 2 is 2.00 bits per heavy atom. The molecule has 0 aliphatic heterocycles. The fraction of sp³-hybridized carbons (Fsp3) is 0.0714. The lowest BCUT2D eigenvalue weighted by molar-refractivity contribution is 0.479. The zero-order valence-corrected chi connectivity index (χ0v) is 10.6. The van der Waals surface area contributed by atoms with Crippen LogP contribution in [0.4, 0.5) is 4.39 Å². The molecule has 0 aliphatic rings. The Morgan fingerprint density at radius 1 is 1.22 bits per heavy atom. The maximum Gasteiger partial charge on any atom is 0.137 e. The van der Waals surface area contributed by atoms with Gasteiger partial charge in [-0.05, 0) is 42.8 Å². The Bertz CT molecular complexity index is 598. The van der Waals surface area contributed by atoms with Gasteiger partial charge in [0.2, 0.25) is 0 Å². The van der Waals surface area contributed by atoms with Crippen LogP contribution in [0, 0.1) is 12.7 Å². The molecule has 2 aromatic rings. The molecule has 0 unspecified atom stereocenters. The Labute approximate surface area is 110 Å². The van der Waals surface area contributed by atoms with Crippen molar-refractivity contribution in [2.75, 3.05) is 0 Å². The minimum atomic E-state index is -0.394. The van der Waals surface area contributed by atoms with Crippen LogP contribution in [-0.2, 0) is 0 Å². The first-order valence-electron chi connectivity index (χ1n) is 5.40. The van der Waals surface area contributed by atoms with Crippen molar-refractivity contribution < 1.29 is 9.13 Å². The van der Waals surface area contributed by atoms with Gasteiger partial charge in [-0.25, -0.2) is 4.39 Å². The summed E-state index contributed by atoms with van der Waals surface area (Å²) in [6, 6.07) is 11.7. The number of aryl methyl sites for hydroxylation is 1. The predicted molar refractivity (Wildman–Crippen MR) is 73.5 cm³/mol. The van der Waals surface area contributed by atoms with Gasteiger partial charge in [-0.3, -0.25) is 0 Å². The Morgan fingerprint density at radius 3 is 2.67 bits per heavy atom. The lowest BCUT2D eigenvalue weighted by atomic mass is 10.2. The number of benzene rings is 2. The summed E-state index contributed by atoms with van der Waals surface area (Å²) in [6.07, 6.45) is 0. The average molecular weight is 261 g/mol. The van der Waals surface area contributed by atoms with Crippen LogP contribution in [0.5, 0.6) is 11.5 Å². The van der Waals surface area contributed by atoms with E-state index in [1.54, 1.807) is 0 Å². The summed E-state index contributed by atoms with van der Waals surface area (Å²) in [5, 5.41) is 0. The molecule has 0 aromatic heterocycles. The highest BCUT2D eigenvalue weighted by molar-refractivity contribution is 7.80. The summed E-state index contributed by atoms with van der Waals surface area (Å²) in [6.45, 7) is 1.96. The van der Waals surface area contributed by atoms with E-state index >= 15 is 0 Å². The number of hydrogen-bond donors (Lipinski definition) is 1. The molecule has 0 aliphatic carbocycles. The normalized spacial score (nSPS) is 10.1. The number of rotatable bonds is 3. The minimum Gasteiger partial charge on any atom is -0.457 e. The van der Waals surface area contributed by atoms with Crippen molar-refractivity contribution in [2.24, 2.45) is 5.73 Å². The minimum absolute atomic E-state index is 0.108. The van der Waals surface area contributed by atoms with E-state index in [1.807, 2.05) is 31.2 Å². The zero-order chi connectivity index (χ0) is 13.1. The average Bonchev–Trinajstić information content (AvgIpc) is 2.31. The van der Waals surface area contributed by atoms with Crippen LogP contribution in [0.15, 0.2) is 42.5 Å². The highest BCUT2D eigenvalue weighted by atomic mass is 32.1. The van der Waals surface area contributed by atoms with Crippen LogP contribution in [0.3, 0.4) is 0 Å². The van der Waals surface area contributed by atoms with Gasteiger partial charge in [0.05, 0.1) is 5.56 Å². The van der Waals surface area contributed by atoms with Gasteiger partial charge in [0.25, 0.3) is 0 Å². The van der Waals surface area contributed by atoms with Gasteiger partial charge in [0.1, 0.15) is 22.3 Å². The first kappa shape index (κ1) is 12.5. The number of ether oxygens (including phenoxy) is 1. The van der Waals surface area contributed by atoms with Gasteiger partial charge in [-0.15, -0.1) is 0 Å². The van der Waals surface area contributed by atoms with Crippen molar-refractivity contribution in [1.82, 2.24) is 0 Å². The van der Waals surface area contributed by atoms with E-state index < -0.39 is 5.82 Å². The first-order chi connectivity index (χ1) is 8.56. The lowest BCUT2D eigenvalue weighted by Crippen LogP contribution is -2.11. The second-order valence-electron chi connectivity index (χ2n) is 3.92. The summed E-state index contributed by atoms with van der Waals surface area (Å²) in [4.78, 5) is 0.108. The maximum atomic E-state index is 13.1. The largest absolute Gasteiger partial charge is 0.457 e. The highest BCUT2D eigenvalue weighted by Crippen LogP contribution is 2.26. The molecule has 92 valence electrons. The lowest BCUT2D eigenvalue weighted by Gasteiger charge is -2.10. The van der Waals surface area contributed by atoms with E-state index in [0.717, 1.165) is 5.56 Å². The van der Waals surface area contributed by atoms with Gasteiger partial charge in [0.15, 0.2) is 0 Å². The van der Waals surface area contributed by atoms with Crippen molar-refractivity contribution in [3.05, 3.63) is 59.4 Å². The second-order valence-corrected chi connectivity index (χ2v) is 4.36. The van der Waals surface area contributed by atoms with Crippen LogP contribution >= 0.6 is 12.2 Å². The van der Waals surface area contributed by atoms with Gasteiger partial charge >= 0.3 is 0 Å². The molecule has 0 fully saturated rings. The fourth-order valence-corrected chi connectivity index (χ4v) is 1.75. The number of nitrogens with two attached hydrogens (primary N) is 1. The topological polar surface area (TPSA) is 35.2 Å². The van der Waals surface area contributed by atoms with Gasteiger partial charge in [0, 0.05) is 0 Å². The summed E-state index contributed by atoms with van der Waals surface area (Å²) >= 11 is 4.88. The Hall–Kier alpha value is -1.94. The Kier molecular flexibility index (Phi) is 3.58. The molecule has 2 nitrogen and oxygen atoms in total. The first-order valence-corrected chi connectivity index (χ1v) is 5.81. The highest BCUT2D eigenvalue weighted by Gasteiger charge is 2.09. The van der Waals surface area contributed by atoms with Crippen LogP contribution in [-0.4, -0.2) is 4.99 Å². The van der Waals surface area contributed by atoms with Gasteiger partial charge in [-0.1, -0.05) is 24.4 Å². The maximum absolute atomic E-state index is 13.1. The molecule has 0 bridgehead atoms. The second kappa shape index (κ2) is 5.14. The molecule has 0 saturated heterocycles. The summed E-state index contributed by atoms with van der Waals surface area (Å²) in [5.74, 6) is 0.725. The molecule has 0 atom stereocenters. The van der Waals surface area contributed by atoms with Crippen molar-refractivity contribution in [1.29, 1.82) is 0 Å². The van der Waals surface area contributed by atoms with Gasteiger partial charge < -0.3 is 10.5 Å². The molecular formula is C14H12FNOS. The molecule has 0 saturated carbocycles. The molecule has 18 heavy (non-hydrogen) atoms. The molecule has 2 rings (SSSR count). The SMILES string of the molecule is Cc1cccc(Oc2ccc(F)cc2C(N)=S)c1. The molecular weight excluding hydrogens is 249 g/mol.